The van der Waals surface area contributed by atoms with E-state index >= 15 is 0 Å². The molecular formula is C5H15CaClNO+. The molecular weight excluding hydrogens is 166 g/mol. The van der Waals surface area contributed by atoms with Gasteiger partial charge in [0, 0.05) is 0 Å². The van der Waals surface area contributed by atoms with Gasteiger partial charge in [-0.3, -0.25) is 4.29 Å². The summed E-state index contributed by atoms with van der Waals surface area (Å²) in [5.74, 6) is 0. The van der Waals surface area contributed by atoms with E-state index in [9.17, 15) is 0 Å². The first-order chi connectivity index (χ1) is 3.56. The minimum atomic E-state index is 0. The third-order valence-corrected chi connectivity index (χ3v) is 0.994. The van der Waals surface area contributed by atoms with E-state index in [1.807, 2.05) is 0 Å². The van der Waals surface area contributed by atoms with Crippen molar-refractivity contribution in [3.63, 3.8) is 0 Å². The van der Waals surface area contributed by atoms with Crippen molar-refractivity contribution in [2.45, 2.75) is 0 Å². The summed E-state index contributed by atoms with van der Waals surface area (Å²) in [6.45, 7) is 1.56. The summed E-state index contributed by atoms with van der Waals surface area (Å²) in [5, 5.41) is 0. The molecule has 9 heavy (non-hydrogen) atoms. The molecule has 0 heterocycles. The van der Waals surface area contributed by atoms with Crippen molar-refractivity contribution in [2.75, 3.05) is 34.3 Å². The van der Waals surface area contributed by atoms with Gasteiger partial charge in [0.2, 0.25) is 0 Å². The Hall–Kier alpha value is 1.47. The Bertz CT molecular complexity index is 72.0. The third kappa shape index (κ3) is 12.6. The summed E-state index contributed by atoms with van der Waals surface area (Å²) in [4.78, 5) is 0. The summed E-state index contributed by atoms with van der Waals surface area (Å²) in [7, 11) is 6.28. The largest absolute Gasteiger partial charge is 2.00 e. The van der Waals surface area contributed by atoms with Crippen LogP contribution in [0.4, 0.5) is 0 Å². The molecule has 4 heteroatoms. The molecule has 0 bridgehead atoms. The molecule has 0 aliphatic rings. The van der Waals surface area contributed by atoms with Crippen molar-refractivity contribution >= 4 is 49.6 Å². The summed E-state index contributed by atoms with van der Waals surface area (Å²) >= 11 is 5.00. The van der Waals surface area contributed by atoms with Crippen LogP contribution in [0.2, 0.25) is 0 Å². The first-order valence-electron chi connectivity index (χ1n) is 2.60. The standard InChI is InChI=1S/C5H13ClNO.Ca.2H/c1-7(2,3)4-5-8-6;;;/h4-5H2,1-3H3;;;/q+1;+2;2*-1. The van der Waals surface area contributed by atoms with Gasteiger partial charge in [0.25, 0.3) is 0 Å². The van der Waals surface area contributed by atoms with Gasteiger partial charge >= 0.3 is 37.7 Å². The van der Waals surface area contributed by atoms with Crippen LogP contribution in [0.5, 0.6) is 0 Å². The van der Waals surface area contributed by atoms with Crippen LogP contribution in [0.15, 0.2) is 0 Å². The molecule has 0 atom stereocenters. The first-order valence-corrected chi connectivity index (χ1v) is 2.91. The van der Waals surface area contributed by atoms with Gasteiger partial charge in [-0.15, -0.1) is 0 Å². The Morgan fingerprint density at radius 2 is 1.89 bits per heavy atom. The maximum Gasteiger partial charge on any atom is 2.00 e. The quantitative estimate of drug-likeness (QED) is 0.459. The van der Waals surface area contributed by atoms with Gasteiger partial charge in [0.1, 0.15) is 13.2 Å². The predicted octanol–water partition coefficient (Wildman–Crippen LogP) is 0.707. The van der Waals surface area contributed by atoms with E-state index in [0.717, 1.165) is 11.0 Å². The van der Waals surface area contributed by atoms with Crippen LogP contribution in [0, 0.1) is 0 Å². The van der Waals surface area contributed by atoms with E-state index in [0.29, 0.717) is 6.61 Å². The second kappa shape index (κ2) is 6.20. The molecule has 2 nitrogen and oxygen atoms in total. The average molecular weight is 181 g/mol. The second-order valence-corrected chi connectivity index (χ2v) is 3.05. The van der Waals surface area contributed by atoms with Gasteiger partial charge in [0.05, 0.1) is 33.0 Å². The van der Waals surface area contributed by atoms with Gasteiger partial charge in [0.15, 0.2) is 0 Å². The maximum atomic E-state index is 5.00. The smallest absolute Gasteiger partial charge is 1.00 e. The molecule has 0 N–H and O–H groups in total. The second-order valence-electron chi connectivity index (χ2n) is 2.83. The van der Waals surface area contributed by atoms with Crippen LogP contribution in [0.3, 0.4) is 0 Å². The molecule has 0 aromatic heterocycles. The Kier molecular flexibility index (Phi) is 9.01. The van der Waals surface area contributed by atoms with Crippen LogP contribution in [-0.4, -0.2) is 76.5 Å². The molecule has 0 saturated carbocycles. The van der Waals surface area contributed by atoms with E-state index in [2.05, 4.69) is 25.4 Å². The first kappa shape index (κ1) is 13.1. The van der Waals surface area contributed by atoms with Gasteiger partial charge in [-0.1, -0.05) is 0 Å². The average Bonchev–Trinajstić information content (AvgIpc) is 1.59. The van der Waals surface area contributed by atoms with Crippen LogP contribution in [0.25, 0.3) is 0 Å². The third-order valence-electron chi connectivity index (χ3n) is 0.839. The fraction of sp³-hybridized carbons (Fsp3) is 1.00. The van der Waals surface area contributed by atoms with Crippen LogP contribution in [-0.2, 0) is 4.29 Å². The number of nitrogens with zero attached hydrogens (tertiary/aromatic N) is 1. The SMILES string of the molecule is C[N+](C)(C)CCOCl.[Ca+2].[H-].[H-]. The number of hydrogen-bond acceptors (Lipinski definition) is 1. The van der Waals surface area contributed by atoms with Gasteiger partial charge in [-0.05, 0) is 0 Å². The molecule has 54 valence electrons. The van der Waals surface area contributed by atoms with Crippen molar-refractivity contribution in [2.24, 2.45) is 0 Å². The number of likely N-dealkylation sites (N-methyl/N-ethyl adjacent to an activating group) is 1. The summed E-state index contributed by atoms with van der Waals surface area (Å²) in [5.41, 5.74) is 0. The molecule has 0 radical (unpaired) electrons. The van der Waals surface area contributed by atoms with Gasteiger partial charge < -0.3 is 7.34 Å². The van der Waals surface area contributed by atoms with Crippen molar-refractivity contribution in [3.8, 4) is 0 Å². The fourth-order valence-corrected chi connectivity index (χ4v) is 0.377. The fourth-order valence-electron chi connectivity index (χ4n) is 0.308. The zero-order valence-electron chi connectivity index (χ0n) is 8.35. The molecule has 0 rings (SSSR count). The zero-order chi connectivity index (χ0) is 6.62. The summed E-state index contributed by atoms with van der Waals surface area (Å²) in [6, 6.07) is 0. The van der Waals surface area contributed by atoms with Crippen molar-refractivity contribution in [1.29, 1.82) is 0 Å². The van der Waals surface area contributed by atoms with Crippen molar-refractivity contribution in [3.05, 3.63) is 0 Å². The summed E-state index contributed by atoms with van der Waals surface area (Å²) < 4.78 is 5.27. The molecule has 0 aliphatic carbocycles. The number of hydrogen-bond donors (Lipinski definition) is 0. The van der Waals surface area contributed by atoms with Crippen molar-refractivity contribution < 1.29 is 11.6 Å². The van der Waals surface area contributed by atoms with Crippen LogP contribution >= 0.6 is 11.9 Å². The topological polar surface area (TPSA) is 9.23 Å². The molecule has 0 unspecified atom stereocenters. The van der Waals surface area contributed by atoms with E-state index in [4.69, 9.17) is 11.9 Å². The van der Waals surface area contributed by atoms with Crippen LogP contribution in [0.1, 0.15) is 2.85 Å². The van der Waals surface area contributed by atoms with E-state index in [1.54, 1.807) is 0 Å². The molecule has 0 aliphatic heterocycles. The van der Waals surface area contributed by atoms with E-state index in [1.165, 1.54) is 0 Å². The minimum absolute atomic E-state index is 0. The number of quaternary nitrogens is 1. The Labute approximate surface area is 94.8 Å². The molecule has 0 aromatic carbocycles. The summed E-state index contributed by atoms with van der Waals surface area (Å²) in [6.07, 6.45) is 0. The minimum Gasteiger partial charge on any atom is -1.00 e. The zero-order valence-corrected chi connectivity index (χ0v) is 9.32. The predicted molar refractivity (Wildman–Crippen MR) is 42.7 cm³/mol. The molecule has 0 aromatic rings. The normalized spacial score (nSPS) is 10.7. The van der Waals surface area contributed by atoms with Crippen molar-refractivity contribution in [1.82, 2.24) is 0 Å². The van der Waals surface area contributed by atoms with Crippen LogP contribution < -0.4 is 0 Å². The maximum absolute atomic E-state index is 5.00. The molecule has 0 amide bonds. The molecule has 0 saturated heterocycles. The number of rotatable bonds is 3. The van der Waals surface area contributed by atoms with E-state index in [-0.39, 0.29) is 40.6 Å². The Balaban J connectivity index is -0.0000000817. The van der Waals surface area contributed by atoms with E-state index < -0.39 is 0 Å². The Morgan fingerprint density at radius 1 is 1.44 bits per heavy atom. The van der Waals surface area contributed by atoms with Gasteiger partial charge in [-0.25, -0.2) is 0 Å². The van der Waals surface area contributed by atoms with Gasteiger partial charge in [-0.2, -0.15) is 0 Å². The molecule has 0 fully saturated rings. The number of halogens is 1. The monoisotopic (exact) mass is 180 g/mol. The Morgan fingerprint density at radius 3 is 2.00 bits per heavy atom. The molecule has 0 spiro atoms.